The summed E-state index contributed by atoms with van der Waals surface area (Å²) in [5.41, 5.74) is 6.35. The van der Waals surface area contributed by atoms with Crippen LogP contribution in [0.2, 0.25) is 0 Å². The van der Waals surface area contributed by atoms with Gasteiger partial charge in [-0.1, -0.05) is 17.7 Å². The fourth-order valence-corrected chi connectivity index (χ4v) is 3.17. The number of rotatable bonds is 1. The smallest absolute Gasteiger partial charge is 0.416 e. The van der Waals surface area contributed by atoms with Crippen molar-refractivity contribution in [1.82, 2.24) is 0 Å². The molecule has 1 aromatic heterocycles. The van der Waals surface area contributed by atoms with Crippen molar-refractivity contribution >= 4 is 15.9 Å². The maximum atomic E-state index is 12.0. The van der Waals surface area contributed by atoms with Crippen molar-refractivity contribution in [2.24, 2.45) is 0 Å². The molecule has 1 aromatic carbocycles. The molecule has 1 heterocycles. The van der Waals surface area contributed by atoms with Gasteiger partial charge in [0.1, 0.15) is 16.3 Å². The summed E-state index contributed by atoms with van der Waals surface area (Å²) in [5, 5.41) is 0. The summed E-state index contributed by atoms with van der Waals surface area (Å²) >= 11 is 0. The first kappa shape index (κ1) is 20.7. The van der Waals surface area contributed by atoms with Crippen LogP contribution < -0.4 is 16.3 Å². The van der Waals surface area contributed by atoms with Gasteiger partial charge >= 0.3 is 6.18 Å². The van der Waals surface area contributed by atoms with Crippen LogP contribution in [0.15, 0.2) is 35.4 Å². The van der Waals surface area contributed by atoms with Gasteiger partial charge in [-0.3, -0.25) is 11.6 Å². The monoisotopic (exact) mass is 377 g/mol. The Kier molecular flexibility index (Phi) is 6.03. The maximum absolute atomic E-state index is 12.0. The van der Waals surface area contributed by atoms with Gasteiger partial charge in [0.15, 0.2) is 0 Å². The number of hydrogen-bond donors (Lipinski definition) is 2. The quantitative estimate of drug-likeness (QED) is 0.447. The number of halogens is 3. The van der Waals surface area contributed by atoms with Crippen LogP contribution in [0.4, 0.5) is 19.0 Å². The molecule has 0 amide bonds. The fraction of sp³-hybridized carbons (Fsp3) is 0.267. The first-order valence-electron chi connectivity index (χ1n) is 6.90. The van der Waals surface area contributed by atoms with E-state index in [-0.39, 0.29) is 10.7 Å². The van der Waals surface area contributed by atoms with E-state index in [0.29, 0.717) is 11.1 Å². The van der Waals surface area contributed by atoms with Crippen molar-refractivity contribution in [3.8, 4) is 0 Å². The highest BCUT2D eigenvalue weighted by Gasteiger charge is 2.31. The van der Waals surface area contributed by atoms with Crippen LogP contribution in [-0.2, 0) is 16.3 Å². The van der Waals surface area contributed by atoms with E-state index in [1.54, 1.807) is 26.0 Å². The molecule has 2 rings (SSSR count). The van der Waals surface area contributed by atoms with Gasteiger partial charge in [-0.2, -0.15) is 13.2 Å². The van der Waals surface area contributed by atoms with Crippen LogP contribution in [0.1, 0.15) is 22.3 Å². The Labute approximate surface area is 143 Å². The number of pyridine rings is 1. The van der Waals surface area contributed by atoms with Crippen LogP contribution in [0.25, 0.3) is 0 Å². The van der Waals surface area contributed by atoms with Crippen LogP contribution in [0.3, 0.4) is 0 Å². The van der Waals surface area contributed by atoms with E-state index >= 15 is 0 Å². The van der Waals surface area contributed by atoms with E-state index in [0.717, 1.165) is 28.6 Å². The third-order valence-electron chi connectivity index (χ3n) is 3.20. The van der Waals surface area contributed by atoms with E-state index in [1.165, 1.54) is 0 Å². The van der Waals surface area contributed by atoms with E-state index in [4.69, 9.17) is 11.6 Å². The molecule has 25 heavy (non-hydrogen) atoms. The van der Waals surface area contributed by atoms with E-state index in [1.807, 2.05) is 6.92 Å². The van der Waals surface area contributed by atoms with Crippen molar-refractivity contribution in [3.05, 3.63) is 52.7 Å². The highest BCUT2D eigenvalue weighted by molar-refractivity contribution is 7.85. The summed E-state index contributed by atoms with van der Waals surface area (Å²) in [6.45, 7) is 5.12. The molecule has 0 saturated carbocycles. The Morgan fingerprint density at radius 3 is 1.92 bits per heavy atom. The second kappa shape index (κ2) is 7.28. The number of anilines is 1. The summed E-state index contributed by atoms with van der Waals surface area (Å²) in [4.78, 5) is -0.0851. The van der Waals surface area contributed by atoms with Crippen molar-refractivity contribution in [2.45, 2.75) is 31.8 Å². The Hall–Kier alpha value is -2.33. The number of benzene rings is 1. The SMILES string of the molecule is Cc1cc(C)c(S(=O)(=O)[O-])c(C)c1.Nc1cc(C(F)(F)F)cc[n+]1N. The Morgan fingerprint density at radius 2 is 1.56 bits per heavy atom. The molecule has 4 N–H and O–H groups in total. The van der Waals surface area contributed by atoms with Crippen molar-refractivity contribution in [2.75, 3.05) is 11.6 Å². The van der Waals surface area contributed by atoms with Crippen molar-refractivity contribution in [3.63, 3.8) is 0 Å². The number of aromatic nitrogens is 1. The van der Waals surface area contributed by atoms with E-state index < -0.39 is 21.9 Å². The first-order valence-corrected chi connectivity index (χ1v) is 8.31. The van der Waals surface area contributed by atoms with Crippen LogP contribution in [0, 0.1) is 20.8 Å². The molecule has 10 heteroatoms. The zero-order valence-corrected chi connectivity index (χ0v) is 14.6. The van der Waals surface area contributed by atoms with Gasteiger partial charge < -0.3 is 4.55 Å². The average Bonchev–Trinajstić information content (AvgIpc) is 2.38. The van der Waals surface area contributed by atoms with Gasteiger partial charge in [-0.15, -0.1) is 4.68 Å². The van der Waals surface area contributed by atoms with Crippen LogP contribution in [-0.4, -0.2) is 13.0 Å². The van der Waals surface area contributed by atoms with E-state index in [9.17, 15) is 26.1 Å². The number of alkyl halides is 3. The maximum Gasteiger partial charge on any atom is 0.416 e. The lowest BCUT2D eigenvalue weighted by Crippen LogP contribution is -2.46. The van der Waals surface area contributed by atoms with Crippen LogP contribution in [0.5, 0.6) is 0 Å². The summed E-state index contributed by atoms with van der Waals surface area (Å²) in [7, 11) is -4.33. The molecular weight excluding hydrogens is 359 g/mol. The summed E-state index contributed by atoms with van der Waals surface area (Å²) in [6, 6.07) is 5.02. The highest BCUT2D eigenvalue weighted by Crippen LogP contribution is 2.28. The average molecular weight is 377 g/mol. The Morgan fingerprint density at radius 1 is 1.08 bits per heavy atom. The largest absolute Gasteiger partial charge is 0.744 e. The molecule has 0 bridgehead atoms. The predicted octanol–water partition coefficient (Wildman–Crippen LogP) is 1.80. The van der Waals surface area contributed by atoms with Gasteiger partial charge in [0.05, 0.1) is 10.5 Å². The van der Waals surface area contributed by atoms with Gasteiger partial charge in [0.25, 0.3) is 5.82 Å². The zero-order valence-electron chi connectivity index (χ0n) is 13.8. The van der Waals surface area contributed by atoms with Crippen LogP contribution >= 0.6 is 0 Å². The minimum absolute atomic E-state index is 0.0851. The molecular formula is C15H18F3N3O3S. The van der Waals surface area contributed by atoms with Gasteiger partial charge in [0.2, 0.25) is 0 Å². The van der Waals surface area contributed by atoms with Gasteiger partial charge in [-0.25, -0.2) is 8.42 Å². The number of nitrogens with two attached hydrogens (primary N) is 2. The molecule has 0 aliphatic carbocycles. The van der Waals surface area contributed by atoms with Crippen molar-refractivity contribution in [1.29, 1.82) is 0 Å². The Bertz CT molecular complexity index is 858. The van der Waals surface area contributed by atoms with Gasteiger partial charge in [0, 0.05) is 6.07 Å². The second-order valence-electron chi connectivity index (χ2n) is 5.43. The lowest BCUT2D eigenvalue weighted by Gasteiger charge is -2.14. The first-order chi connectivity index (χ1) is 11.2. The predicted molar refractivity (Wildman–Crippen MR) is 84.8 cm³/mol. The molecule has 0 aliphatic rings. The Balaban J connectivity index is 0.000000251. The molecule has 2 aromatic rings. The minimum atomic E-state index is -4.37. The molecule has 0 spiro atoms. The molecule has 0 aliphatic heterocycles. The number of hydrogen-bond acceptors (Lipinski definition) is 5. The highest BCUT2D eigenvalue weighted by atomic mass is 32.2. The van der Waals surface area contributed by atoms with E-state index in [2.05, 4.69) is 0 Å². The summed E-state index contributed by atoms with van der Waals surface area (Å²) < 4.78 is 69.4. The number of nitrogens with zero attached hydrogens (tertiary/aromatic N) is 1. The minimum Gasteiger partial charge on any atom is -0.744 e. The number of nitrogen functional groups attached to an aromatic ring is 2. The fourth-order valence-electron chi connectivity index (χ4n) is 2.27. The molecule has 138 valence electrons. The third-order valence-corrected chi connectivity index (χ3v) is 4.34. The summed E-state index contributed by atoms with van der Waals surface area (Å²) in [6.07, 6.45) is -3.32. The standard InChI is InChI=1S/C9H12O3S.C6H6F3N3/c1-6-4-7(2)9(8(3)5-6)13(10,11)12;7-6(8,9)4-1-2-12(11)5(10)3-4/h4-5H,1-3H3,(H,10,11,12);1-3,10H,11H2. The van der Waals surface area contributed by atoms with Gasteiger partial charge in [-0.05, 0) is 38.0 Å². The molecule has 0 atom stereocenters. The summed E-state index contributed by atoms with van der Waals surface area (Å²) in [5.74, 6) is 5.02. The molecule has 0 radical (unpaired) electrons. The molecule has 0 unspecified atom stereocenters. The topological polar surface area (TPSA) is 113 Å². The van der Waals surface area contributed by atoms with Crippen molar-refractivity contribution < 1.29 is 30.8 Å². The second-order valence-corrected chi connectivity index (χ2v) is 6.74. The lowest BCUT2D eigenvalue weighted by atomic mass is 10.1. The normalized spacial score (nSPS) is 11.6. The zero-order chi connectivity index (χ0) is 19.6. The third kappa shape index (κ3) is 5.61. The molecule has 6 nitrogen and oxygen atoms in total. The molecule has 0 fully saturated rings. The number of aryl methyl sites for hydroxylation is 3. The lowest BCUT2D eigenvalue weighted by molar-refractivity contribution is -0.624. The molecule has 0 saturated heterocycles.